The van der Waals surface area contributed by atoms with E-state index in [4.69, 9.17) is 0 Å². The monoisotopic (exact) mass is 551 g/mol. The molecule has 42 heavy (non-hydrogen) atoms. The molecule has 0 amide bonds. The van der Waals surface area contributed by atoms with E-state index in [1.807, 2.05) is 11.3 Å². The standard InChI is InChI=1S/C40H25NS/c1-2-13-29(14-3-1)41(35-19-10-12-27-23-24-34-32-17-8-9-20-37(32)42-40(34)39(27)35)36-25-28-22-21-26-11-4-5-15-30(26)38(28)33-18-7-6-16-31(33)36/h1-25H. The van der Waals surface area contributed by atoms with E-state index in [9.17, 15) is 0 Å². The van der Waals surface area contributed by atoms with Gasteiger partial charge in [0.25, 0.3) is 0 Å². The summed E-state index contributed by atoms with van der Waals surface area (Å²) >= 11 is 1.89. The van der Waals surface area contributed by atoms with Crippen molar-refractivity contribution in [1.29, 1.82) is 0 Å². The Morgan fingerprint density at radius 3 is 1.93 bits per heavy atom. The van der Waals surface area contributed by atoms with Crippen molar-refractivity contribution in [1.82, 2.24) is 0 Å². The van der Waals surface area contributed by atoms with E-state index >= 15 is 0 Å². The van der Waals surface area contributed by atoms with E-state index in [0.717, 1.165) is 5.69 Å². The molecule has 2 heteroatoms. The Hall–Kier alpha value is -5.18. The van der Waals surface area contributed by atoms with Gasteiger partial charge in [0.05, 0.1) is 11.4 Å². The molecule has 0 N–H and O–H groups in total. The average Bonchev–Trinajstić information content (AvgIpc) is 3.44. The summed E-state index contributed by atoms with van der Waals surface area (Å²) in [5.41, 5.74) is 3.53. The highest BCUT2D eigenvalue weighted by Crippen LogP contribution is 2.48. The number of hydrogen-bond acceptors (Lipinski definition) is 2. The summed E-state index contributed by atoms with van der Waals surface area (Å²) in [6.07, 6.45) is 0. The molecule has 0 radical (unpaired) electrons. The highest BCUT2D eigenvalue weighted by atomic mass is 32.1. The van der Waals surface area contributed by atoms with Crippen LogP contribution in [-0.2, 0) is 0 Å². The molecule has 0 aliphatic heterocycles. The van der Waals surface area contributed by atoms with Gasteiger partial charge < -0.3 is 4.90 Å². The number of anilines is 3. The molecule has 1 heterocycles. The Morgan fingerprint density at radius 1 is 0.381 bits per heavy atom. The maximum Gasteiger partial charge on any atom is 0.0554 e. The SMILES string of the molecule is c1ccc(N(c2cc3ccc4ccccc4c3c3ccccc23)c2cccc3ccc4c5ccccc5sc4c23)cc1. The first-order chi connectivity index (χ1) is 20.8. The fourth-order valence-electron chi connectivity index (χ4n) is 6.75. The molecule has 0 bridgehead atoms. The predicted molar refractivity (Wildman–Crippen MR) is 184 cm³/mol. The smallest absolute Gasteiger partial charge is 0.0554 e. The lowest BCUT2D eigenvalue weighted by molar-refractivity contribution is 1.32. The lowest BCUT2D eigenvalue weighted by Gasteiger charge is -2.29. The van der Waals surface area contributed by atoms with E-state index < -0.39 is 0 Å². The molecule has 9 aromatic rings. The van der Waals surface area contributed by atoms with Gasteiger partial charge in [-0.25, -0.2) is 0 Å². The minimum absolute atomic E-state index is 1.15. The van der Waals surface area contributed by atoms with E-state index in [1.54, 1.807) is 0 Å². The van der Waals surface area contributed by atoms with Crippen LogP contribution in [0.15, 0.2) is 152 Å². The van der Waals surface area contributed by atoms with E-state index in [2.05, 4.69) is 157 Å². The maximum atomic E-state index is 2.48. The van der Waals surface area contributed by atoms with Crippen molar-refractivity contribution in [3.63, 3.8) is 0 Å². The normalized spacial score (nSPS) is 11.8. The minimum Gasteiger partial charge on any atom is -0.309 e. The van der Waals surface area contributed by atoms with Crippen LogP contribution in [0, 0.1) is 0 Å². The molecule has 0 saturated heterocycles. The zero-order chi connectivity index (χ0) is 27.6. The van der Waals surface area contributed by atoms with Crippen molar-refractivity contribution in [3.8, 4) is 0 Å². The summed E-state index contributed by atoms with van der Waals surface area (Å²) in [5.74, 6) is 0. The summed E-state index contributed by atoms with van der Waals surface area (Å²) < 4.78 is 2.66. The number of rotatable bonds is 3. The first-order valence-corrected chi connectivity index (χ1v) is 15.2. The van der Waals surface area contributed by atoms with Crippen LogP contribution in [0.4, 0.5) is 17.1 Å². The van der Waals surface area contributed by atoms with Crippen LogP contribution >= 0.6 is 11.3 Å². The van der Waals surface area contributed by atoms with Crippen molar-refractivity contribution in [3.05, 3.63) is 152 Å². The van der Waals surface area contributed by atoms with Crippen LogP contribution in [-0.4, -0.2) is 0 Å². The van der Waals surface area contributed by atoms with Crippen LogP contribution in [0.1, 0.15) is 0 Å². The van der Waals surface area contributed by atoms with Crippen LogP contribution in [0.5, 0.6) is 0 Å². The fourth-order valence-corrected chi connectivity index (χ4v) is 8.02. The number of benzene rings is 8. The van der Waals surface area contributed by atoms with E-state index in [0.29, 0.717) is 0 Å². The van der Waals surface area contributed by atoms with Gasteiger partial charge in [-0.15, -0.1) is 11.3 Å². The second-order valence-electron chi connectivity index (χ2n) is 10.9. The van der Waals surface area contributed by atoms with Gasteiger partial charge in [0, 0.05) is 36.6 Å². The molecule has 9 rings (SSSR count). The quantitative estimate of drug-likeness (QED) is 0.197. The van der Waals surface area contributed by atoms with Gasteiger partial charge in [0.15, 0.2) is 0 Å². The fraction of sp³-hybridized carbons (Fsp3) is 0. The van der Waals surface area contributed by atoms with Crippen molar-refractivity contribution in [2.24, 2.45) is 0 Å². The zero-order valence-electron chi connectivity index (χ0n) is 22.8. The molecule has 8 aromatic carbocycles. The number of hydrogen-bond donors (Lipinski definition) is 0. The Morgan fingerprint density at radius 2 is 1.05 bits per heavy atom. The lowest BCUT2D eigenvalue weighted by atomic mass is 9.94. The molecule has 0 spiro atoms. The molecule has 196 valence electrons. The van der Waals surface area contributed by atoms with Gasteiger partial charge in [-0.3, -0.25) is 0 Å². The average molecular weight is 552 g/mol. The Labute approximate surface area is 247 Å². The molecular weight excluding hydrogens is 527 g/mol. The maximum absolute atomic E-state index is 2.48. The molecule has 0 aliphatic rings. The number of thiophene rings is 1. The summed E-state index contributed by atoms with van der Waals surface area (Å²) in [6.45, 7) is 0. The summed E-state index contributed by atoms with van der Waals surface area (Å²) in [4.78, 5) is 2.48. The van der Waals surface area contributed by atoms with Gasteiger partial charge in [0.1, 0.15) is 0 Å². The van der Waals surface area contributed by atoms with E-state index in [-0.39, 0.29) is 0 Å². The topological polar surface area (TPSA) is 3.24 Å². The lowest BCUT2D eigenvalue weighted by Crippen LogP contribution is -2.11. The van der Waals surface area contributed by atoms with Crippen molar-refractivity contribution < 1.29 is 0 Å². The van der Waals surface area contributed by atoms with Gasteiger partial charge in [-0.05, 0) is 62.6 Å². The number of nitrogens with zero attached hydrogens (tertiary/aromatic N) is 1. The van der Waals surface area contributed by atoms with Crippen LogP contribution < -0.4 is 4.90 Å². The Kier molecular flexibility index (Phi) is 5.13. The largest absolute Gasteiger partial charge is 0.309 e. The van der Waals surface area contributed by atoms with Gasteiger partial charge in [-0.1, -0.05) is 121 Å². The molecule has 0 aliphatic carbocycles. The van der Waals surface area contributed by atoms with Crippen molar-refractivity contribution in [2.45, 2.75) is 0 Å². The minimum atomic E-state index is 1.15. The summed E-state index contributed by atoms with van der Waals surface area (Å²) in [7, 11) is 0. The first-order valence-electron chi connectivity index (χ1n) is 14.4. The molecule has 1 nitrogen and oxygen atoms in total. The Bertz CT molecular complexity index is 2470. The molecule has 1 aromatic heterocycles. The third-order valence-corrected chi connectivity index (χ3v) is 9.79. The van der Waals surface area contributed by atoms with Crippen LogP contribution in [0.2, 0.25) is 0 Å². The predicted octanol–water partition coefficient (Wildman–Crippen LogP) is 12.1. The summed E-state index contributed by atoms with van der Waals surface area (Å²) in [6, 6.07) is 55.5. The molecule has 0 saturated carbocycles. The molecule has 0 fully saturated rings. The molecular formula is C40H25NS. The molecule has 0 unspecified atom stereocenters. The Balaban J connectivity index is 1.44. The van der Waals surface area contributed by atoms with Gasteiger partial charge >= 0.3 is 0 Å². The van der Waals surface area contributed by atoms with E-state index in [1.165, 1.54) is 74.6 Å². The third-order valence-electron chi connectivity index (χ3n) is 8.59. The highest BCUT2D eigenvalue weighted by Gasteiger charge is 2.21. The first kappa shape index (κ1) is 23.5. The van der Waals surface area contributed by atoms with Crippen LogP contribution in [0.3, 0.4) is 0 Å². The van der Waals surface area contributed by atoms with Crippen molar-refractivity contribution >= 4 is 91.7 Å². The number of fused-ring (bicyclic) bond motifs is 10. The van der Waals surface area contributed by atoms with Crippen LogP contribution in [0.25, 0.3) is 63.3 Å². The second kappa shape index (κ2) is 9.17. The summed E-state index contributed by atoms with van der Waals surface area (Å²) in [5, 5.41) is 12.8. The number of para-hydroxylation sites is 1. The van der Waals surface area contributed by atoms with Gasteiger partial charge in [-0.2, -0.15) is 0 Å². The van der Waals surface area contributed by atoms with Crippen molar-refractivity contribution in [2.75, 3.05) is 4.90 Å². The van der Waals surface area contributed by atoms with Gasteiger partial charge in [0.2, 0.25) is 0 Å². The molecule has 0 atom stereocenters. The zero-order valence-corrected chi connectivity index (χ0v) is 23.6. The highest BCUT2D eigenvalue weighted by molar-refractivity contribution is 7.26. The second-order valence-corrected chi connectivity index (χ2v) is 12.0. The third kappa shape index (κ3) is 3.43.